The Morgan fingerprint density at radius 3 is 2.52 bits per heavy atom. The molecule has 21 heavy (non-hydrogen) atoms. The summed E-state index contributed by atoms with van der Waals surface area (Å²) in [5.41, 5.74) is 0.423. The van der Waals surface area contributed by atoms with Gasteiger partial charge in [-0.05, 0) is 38.1 Å². The van der Waals surface area contributed by atoms with Crippen molar-refractivity contribution in [3.05, 3.63) is 47.4 Å². The minimum Gasteiger partial charge on any atom is -0.493 e. The number of para-hydroxylation sites is 1. The normalized spacial score (nSPS) is 11.8. The second kappa shape index (κ2) is 6.35. The highest BCUT2D eigenvalue weighted by Gasteiger charge is 2.19. The fourth-order valence-corrected chi connectivity index (χ4v) is 2.10. The van der Waals surface area contributed by atoms with Crippen LogP contribution in [-0.2, 0) is 0 Å². The van der Waals surface area contributed by atoms with Crippen LogP contribution in [0.4, 0.5) is 0 Å². The monoisotopic (exact) mass is 289 g/mol. The summed E-state index contributed by atoms with van der Waals surface area (Å²) in [6.07, 6.45) is 0. The third kappa shape index (κ3) is 3.18. The van der Waals surface area contributed by atoms with Gasteiger partial charge in [-0.1, -0.05) is 6.07 Å². The molecule has 1 N–H and O–H groups in total. The summed E-state index contributed by atoms with van der Waals surface area (Å²) in [6, 6.07) is 8.67. The number of amides is 1. The topological polar surface area (TPSA) is 60.7 Å². The maximum Gasteiger partial charge on any atom is 0.255 e. The molecule has 1 aromatic heterocycles. The summed E-state index contributed by atoms with van der Waals surface area (Å²) in [7, 11) is 3.04. The molecule has 5 nitrogen and oxygen atoms in total. The van der Waals surface area contributed by atoms with E-state index >= 15 is 0 Å². The molecule has 0 bridgehead atoms. The van der Waals surface area contributed by atoms with Gasteiger partial charge in [0.15, 0.2) is 11.5 Å². The number of furan rings is 1. The van der Waals surface area contributed by atoms with Gasteiger partial charge in [0, 0.05) is 0 Å². The Hall–Kier alpha value is -2.43. The largest absolute Gasteiger partial charge is 0.493 e. The molecular weight excluding hydrogens is 270 g/mol. The molecule has 1 unspecified atom stereocenters. The number of hydrogen-bond acceptors (Lipinski definition) is 4. The number of ether oxygens (including phenoxy) is 2. The second-order valence-corrected chi connectivity index (χ2v) is 4.68. The van der Waals surface area contributed by atoms with Crippen molar-refractivity contribution in [3.63, 3.8) is 0 Å². The first-order chi connectivity index (χ1) is 10.1. The number of carbonyl (C=O) groups is 1. The van der Waals surface area contributed by atoms with Gasteiger partial charge in [0.2, 0.25) is 0 Å². The van der Waals surface area contributed by atoms with E-state index in [0.717, 1.165) is 5.76 Å². The molecule has 0 saturated carbocycles. The molecule has 112 valence electrons. The van der Waals surface area contributed by atoms with Crippen molar-refractivity contribution >= 4 is 5.91 Å². The molecule has 1 aromatic carbocycles. The first-order valence-electron chi connectivity index (χ1n) is 6.65. The summed E-state index contributed by atoms with van der Waals surface area (Å²) in [6.45, 7) is 3.73. The number of aryl methyl sites for hydroxylation is 1. The number of benzene rings is 1. The van der Waals surface area contributed by atoms with Crippen LogP contribution >= 0.6 is 0 Å². The first kappa shape index (κ1) is 15.0. The standard InChI is InChI=1S/C16H19NO4/c1-10-8-9-13(21-10)11(2)17-16(18)12-6-5-7-14(19-3)15(12)20-4/h5-9,11H,1-4H3,(H,17,18). The Balaban J connectivity index is 2.20. The predicted molar refractivity (Wildman–Crippen MR) is 78.9 cm³/mol. The quantitative estimate of drug-likeness (QED) is 0.918. The molecule has 0 radical (unpaired) electrons. The minimum atomic E-state index is -0.243. The molecule has 0 spiro atoms. The van der Waals surface area contributed by atoms with Crippen molar-refractivity contribution in [2.45, 2.75) is 19.9 Å². The number of methoxy groups -OCH3 is 2. The highest BCUT2D eigenvalue weighted by atomic mass is 16.5. The van der Waals surface area contributed by atoms with Crippen LogP contribution in [-0.4, -0.2) is 20.1 Å². The van der Waals surface area contributed by atoms with Crippen molar-refractivity contribution < 1.29 is 18.7 Å². The van der Waals surface area contributed by atoms with E-state index in [9.17, 15) is 4.79 Å². The molecule has 0 aliphatic carbocycles. The lowest BCUT2D eigenvalue weighted by atomic mass is 10.1. The van der Waals surface area contributed by atoms with E-state index < -0.39 is 0 Å². The van der Waals surface area contributed by atoms with Crippen LogP contribution in [0.5, 0.6) is 11.5 Å². The first-order valence-corrected chi connectivity index (χ1v) is 6.65. The van der Waals surface area contributed by atoms with Gasteiger partial charge in [0.25, 0.3) is 5.91 Å². The van der Waals surface area contributed by atoms with Gasteiger partial charge >= 0.3 is 0 Å². The molecular formula is C16H19NO4. The van der Waals surface area contributed by atoms with Crippen LogP contribution in [0, 0.1) is 6.92 Å². The highest BCUT2D eigenvalue weighted by molar-refractivity contribution is 5.98. The maximum atomic E-state index is 12.4. The van der Waals surface area contributed by atoms with E-state index in [2.05, 4.69) is 5.32 Å². The van der Waals surface area contributed by atoms with E-state index in [1.54, 1.807) is 18.2 Å². The van der Waals surface area contributed by atoms with Gasteiger partial charge in [0.05, 0.1) is 25.8 Å². The predicted octanol–water partition coefficient (Wildman–Crippen LogP) is 3.10. The number of rotatable bonds is 5. The van der Waals surface area contributed by atoms with Crippen molar-refractivity contribution in [3.8, 4) is 11.5 Å². The average molecular weight is 289 g/mol. The van der Waals surface area contributed by atoms with Crippen LogP contribution < -0.4 is 14.8 Å². The smallest absolute Gasteiger partial charge is 0.255 e. The van der Waals surface area contributed by atoms with Gasteiger partial charge in [-0.25, -0.2) is 0 Å². The van der Waals surface area contributed by atoms with Crippen molar-refractivity contribution in [1.82, 2.24) is 5.32 Å². The van der Waals surface area contributed by atoms with Crippen LogP contribution in [0.2, 0.25) is 0 Å². The Kier molecular flexibility index (Phi) is 4.52. The molecule has 0 fully saturated rings. The van der Waals surface area contributed by atoms with E-state index in [4.69, 9.17) is 13.9 Å². The fourth-order valence-electron chi connectivity index (χ4n) is 2.10. The van der Waals surface area contributed by atoms with Gasteiger partial charge in [-0.2, -0.15) is 0 Å². The minimum absolute atomic E-state index is 0.234. The third-order valence-corrected chi connectivity index (χ3v) is 3.18. The molecule has 0 saturated heterocycles. The molecule has 0 aliphatic rings. The Morgan fingerprint density at radius 1 is 1.19 bits per heavy atom. The van der Waals surface area contributed by atoms with E-state index in [1.165, 1.54) is 14.2 Å². The lowest BCUT2D eigenvalue weighted by molar-refractivity contribution is 0.0931. The SMILES string of the molecule is COc1cccc(C(=O)NC(C)c2ccc(C)o2)c1OC. The summed E-state index contributed by atoms with van der Waals surface area (Å²) in [5.74, 6) is 2.21. The van der Waals surface area contributed by atoms with Gasteiger partial charge in [-0.3, -0.25) is 4.79 Å². The lowest BCUT2D eigenvalue weighted by Crippen LogP contribution is -2.26. The van der Waals surface area contributed by atoms with Crippen LogP contribution in [0.15, 0.2) is 34.7 Å². The van der Waals surface area contributed by atoms with E-state index in [-0.39, 0.29) is 11.9 Å². The van der Waals surface area contributed by atoms with E-state index in [1.807, 2.05) is 26.0 Å². The molecule has 1 heterocycles. The maximum absolute atomic E-state index is 12.4. The number of carbonyl (C=O) groups excluding carboxylic acids is 1. The molecule has 2 rings (SSSR count). The third-order valence-electron chi connectivity index (χ3n) is 3.18. The lowest BCUT2D eigenvalue weighted by Gasteiger charge is -2.15. The van der Waals surface area contributed by atoms with Crippen LogP contribution in [0.3, 0.4) is 0 Å². The van der Waals surface area contributed by atoms with Crippen LogP contribution in [0.25, 0.3) is 0 Å². The number of hydrogen-bond donors (Lipinski definition) is 1. The molecule has 2 aromatic rings. The Bertz CT molecular complexity index is 633. The molecule has 5 heteroatoms. The Morgan fingerprint density at radius 2 is 1.95 bits per heavy atom. The zero-order valence-electron chi connectivity index (χ0n) is 12.6. The Labute approximate surface area is 123 Å². The number of nitrogens with one attached hydrogen (secondary N) is 1. The summed E-state index contributed by atoms with van der Waals surface area (Å²) in [5, 5.41) is 2.88. The van der Waals surface area contributed by atoms with Gasteiger partial charge in [-0.15, -0.1) is 0 Å². The summed E-state index contributed by atoms with van der Waals surface area (Å²) < 4.78 is 16.0. The van der Waals surface area contributed by atoms with E-state index in [0.29, 0.717) is 22.8 Å². The highest BCUT2D eigenvalue weighted by Crippen LogP contribution is 2.31. The van der Waals surface area contributed by atoms with Gasteiger partial charge < -0.3 is 19.2 Å². The van der Waals surface area contributed by atoms with Gasteiger partial charge in [0.1, 0.15) is 11.5 Å². The average Bonchev–Trinajstić information content (AvgIpc) is 2.92. The fraction of sp³-hybridized carbons (Fsp3) is 0.312. The second-order valence-electron chi connectivity index (χ2n) is 4.68. The summed E-state index contributed by atoms with van der Waals surface area (Å²) in [4.78, 5) is 12.4. The molecule has 1 amide bonds. The molecule has 0 aliphatic heterocycles. The van der Waals surface area contributed by atoms with Crippen LogP contribution in [0.1, 0.15) is 34.8 Å². The zero-order valence-corrected chi connectivity index (χ0v) is 12.6. The molecule has 1 atom stereocenters. The van der Waals surface area contributed by atoms with Crippen molar-refractivity contribution in [2.75, 3.05) is 14.2 Å². The van der Waals surface area contributed by atoms with Crippen molar-refractivity contribution in [1.29, 1.82) is 0 Å². The summed E-state index contributed by atoms with van der Waals surface area (Å²) >= 11 is 0. The zero-order chi connectivity index (χ0) is 15.4. The van der Waals surface area contributed by atoms with Crippen molar-refractivity contribution in [2.24, 2.45) is 0 Å².